The smallest absolute Gasteiger partial charge is 0.348 e. The molecule has 1 heterocycles. The maximum absolute atomic E-state index is 12.5. The standard InChI is InChI=1S/C11H20F3N3O/c1-16(2)10(18)7-17(8-11(12,13)14)9-3-5-15-6-4-9/h9,15H,3-8H2,1-2H3. The molecule has 1 rings (SSSR count). The van der Waals surface area contributed by atoms with Crippen molar-refractivity contribution in [1.29, 1.82) is 0 Å². The van der Waals surface area contributed by atoms with Gasteiger partial charge in [0.2, 0.25) is 5.91 Å². The number of alkyl halides is 3. The van der Waals surface area contributed by atoms with Gasteiger partial charge in [-0.25, -0.2) is 0 Å². The van der Waals surface area contributed by atoms with Gasteiger partial charge in [-0.1, -0.05) is 0 Å². The van der Waals surface area contributed by atoms with E-state index in [0.717, 1.165) is 0 Å². The largest absolute Gasteiger partial charge is 0.401 e. The van der Waals surface area contributed by atoms with Gasteiger partial charge in [-0.05, 0) is 25.9 Å². The fourth-order valence-electron chi connectivity index (χ4n) is 2.03. The summed E-state index contributed by atoms with van der Waals surface area (Å²) in [4.78, 5) is 14.2. The third-order valence-electron chi connectivity index (χ3n) is 3.04. The number of nitrogens with one attached hydrogen (secondary N) is 1. The summed E-state index contributed by atoms with van der Waals surface area (Å²) in [7, 11) is 3.10. The number of carbonyl (C=O) groups is 1. The van der Waals surface area contributed by atoms with Gasteiger partial charge >= 0.3 is 6.18 Å². The average molecular weight is 267 g/mol. The van der Waals surface area contributed by atoms with Crippen LogP contribution in [0.5, 0.6) is 0 Å². The van der Waals surface area contributed by atoms with E-state index in [1.165, 1.54) is 9.80 Å². The van der Waals surface area contributed by atoms with Crippen LogP contribution in [0.1, 0.15) is 12.8 Å². The Morgan fingerprint density at radius 1 is 1.28 bits per heavy atom. The lowest BCUT2D eigenvalue weighted by Gasteiger charge is -2.35. The first-order valence-electron chi connectivity index (χ1n) is 6.01. The van der Waals surface area contributed by atoms with Crippen molar-refractivity contribution in [3.8, 4) is 0 Å². The van der Waals surface area contributed by atoms with Crippen LogP contribution in [-0.2, 0) is 4.79 Å². The molecule has 0 aromatic carbocycles. The first kappa shape index (κ1) is 15.2. The summed E-state index contributed by atoms with van der Waals surface area (Å²) in [5.74, 6) is -0.294. The Kier molecular flexibility index (Phi) is 5.40. The van der Waals surface area contributed by atoms with Gasteiger partial charge in [0.25, 0.3) is 0 Å². The number of piperidine rings is 1. The van der Waals surface area contributed by atoms with Crippen LogP contribution in [0.15, 0.2) is 0 Å². The first-order valence-corrected chi connectivity index (χ1v) is 6.01. The van der Waals surface area contributed by atoms with Crippen molar-refractivity contribution < 1.29 is 18.0 Å². The molecule has 0 saturated carbocycles. The van der Waals surface area contributed by atoms with E-state index in [9.17, 15) is 18.0 Å². The fourth-order valence-corrected chi connectivity index (χ4v) is 2.03. The summed E-state index contributed by atoms with van der Waals surface area (Å²) in [6, 6.07) is -0.170. The summed E-state index contributed by atoms with van der Waals surface area (Å²) < 4.78 is 37.6. The number of amides is 1. The second kappa shape index (κ2) is 6.38. The Balaban J connectivity index is 2.64. The maximum Gasteiger partial charge on any atom is 0.401 e. The lowest BCUT2D eigenvalue weighted by molar-refractivity contribution is -0.156. The molecular formula is C11H20F3N3O. The average Bonchev–Trinajstić information content (AvgIpc) is 2.27. The summed E-state index contributed by atoms with van der Waals surface area (Å²) in [6.07, 6.45) is -2.97. The van der Waals surface area contributed by atoms with Gasteiger partial charge in [0.1, 0.15) is 0 Å². The molecule has 0 aromatic heterocycles. The Morgan fingerprint density at radius 2 is 1.83 bits per heavy atom. The molecule has 0 atom stereocenters. The zero-order valence-electron chi connectivity index (χ0n) is 10.8. The van der Waals surface area contributed by atoms with Gasteiger partial charge in [-0.15, -0.1) is 0 Å². The Morgan fingerprint density at radius 3 is 2.28 bits per heavy atom. The maximum atomic E-state index is 12.5. The predicted molar refractivity (Wildman–Crippen MR) is 62.2 cm³/mol. The molecule has 0 aromatic rings. The molecule has 1 aliphatic heterocycles. The van der Waals surface area contributed by atoms with Crippen molar-refractivity contribution in [1.82, 2.24) is 15.1 Å². The zero-order valence-corrected chi connectivity index (χ0v) is 10.8. The molecule has 0 aliphatic carbocycles. The SMILES string of the molecule is CN(C)C(=O)CN(CC(F)(F)F)C1CCNCC1. The highest BCUT2D eigenvalue weighted by Crippen LogP contribution is 2.21. The third kappa shape index (κ3) is 5.22. The van der Waals surface area contributed by atoms with E-state index in [-0.39, 0.29) is 18.5 Å². The first-order chi connectivity index (χ1) is 8.29. The summed E-state index contributed by atoms with van der Waals surface area (Å²) in [5.41, 5.74) is 0. The van der Waals surface area contributed by atoms with Crippen LogP contribution >= 0.6 is 0 Å². The Labute approximate surface area is 105 Å². The molecular weight excluding hydrogens is 247 g/mol. The van der Waals surface area contributed by atoms with E-state index in [2.05, 4.69) is 5.32 Å². The van der Waals surface area contributed by atoms with E-state index in [0.29, 0.717) is 25.9 Å². The number of nitrogens with zero attached hydrogens (tertiary/aromatic N) is 2. The minimum Gasteiger partial charge on any atom is -0.348 e. The summed E-state index contributed by atoms with van der Waals surface area (Å²) in [6.45, 7) is 0.221. The number of likely N-dealkylation sites (N-methyl/N-ethyl adjacent to an activating group) is 1. The van der Waals surface area contributed by atoms with Crippen molar-refractivity contribution in [2.75, 3.05) is 40.3 Å². The van der Waals surface area contributed by atoms with Crippen LogP contribution in [0.4, 0.5) is 13.2 Å². The molecule has 0 unspecified atom stereocenters. The van der Waals surface area contributed by atoms with E-state index in [1.54, 1.807) is 14.1 Å². The van der Waals surface area contributed by atoms with Gasteiger partial charge in [0, 0.05) is 20.1 Å². The van der Waals surface area contributed by atoms with E-state index in [1.807, 2.05) is 0 Å². The molecule has 106 valence electrons. The van der Waals surface area contributed by atoms with Crippen molar-refractivity contribution in [3.05, 3.63) is 0 Å². The number of halogens is 3. The van der Waals surface area contributed by atoms with Crippen LogP contribution in [-0.4, -0.2) is 68.2 Å². The number of hydrogen-bond donors (Lipinski definition) is 1. The van der Waals surface area contributed by atoms with Crippen LogP contribution in [0.2, 0.25) is 0 Å². The quantitative estimate of drug-likeness (QED) is 0.814. The van der Waals surface area contributed by atoms with Crippen LogP contribution in [0.3, 0.4) is 0 Å². The molecule has 1 N–H and O–H groups in total. The lowest BCUT2D eigenvalue weighted by atomic mass is 10.0. The molecule has 0 spiro atoms. The minimum atomic E-state index is -4.27. The Hall–Kier alpha value is -0.820. The normalized spacial score (nSPS) is 18.1. The zero-order chi connectivity index (χ0) is 13.8. The topological polar surface area (TPSA) is 35.6 Å². The molecule has 0 bridgehead atoms. The highest BCUT2D eigenvalue weighted by Gasteiger charge is 2.35. The van der Waals surface area contributed by atoms with Crippen LogP contribution in [0.25, 0.3) is 0 Å². The molecule has 1 fully saturated rings. The van der Waals surface area contributed by atoms with Crippen molar-refractivity contribution in [3.63, 3.8) is 0 Å². The van der Waals surface area contributed by atoms with Gasteiger partial charge in [0.05, 0.1) is 13.1 Å². The third-order valence-corrected chi connectivity index (χ3v) is 3.04. The molecule has 1 aliphatic rings. The molecule has 0 radical (unpaired) electrons. The van der Waals surface area contributed by atoms with Crippen molar-refractivity contribution in [2.45, 2.75) is 25.1 Å². The van der Waals surface area contributed by atoms with Gasteiger partial charge in [-0.3, -0.25) is 9.69 Å². The Bertz CT molecular complexity index is 275. The monoisotopic (exact) mass is 267 g/mol. The number of rotatable bonds is 4. The van der Waals surface area contributed by atoms with E-state index in [4.69, 9.17) is 0 Å². The van der Waals surface area contributed by atoms with Crippen molar-refractivity contribution >= 4 is 5.91 Å². The highest BCUT2D eigenvalue weighted by molar-refractivity contribution is 5.77. The second-order valence-corrected chi connectivity index (χ2v) is 4.79. The van der Waals surface area contributed by atoms with E-state index >= 15 is 0 Å². The van der Waals surface area contributed by atoms with Gasteiger partial charge in [-0.2, -0.15) is 13.2 Å². The lowest BCUT2D eigenvalue weighted by Crippen LogP contribution is -2.50. The molecule has 1 amide bonds. The molecule has 1 saturated heterocycles. The molecule has 4 nitrogen and oxygen atoms in total. The predicted octanol–water partition coefficient (Wildman–Crippen LogP) is 0.691. The van der Waals surface area contributed by atoms with E-state index < -0.39 is 12.7 Å². The molecule has 18 heavy (non-hydrogen) atoms. The number of hydrogen-bond acceptors (Lipinski definition) is 3. The molecule has 7 heteroatoms. The highest BCUT2D eigenvalue weighted by atomic mass is 19.4. The summed E-state index contributed by atoms with van der Waals surface area (Å²) in [5, 5.41) is 3.11. The second-order valence-electron chi connectivity index (χ2n) is 4.79. The fraction of sp³-hybridized carbons (Fsp3) is 0.909. The summed E-state index contributed by atoms with van der Waals surface area (Å²) >= 11 is 0. The number of carbonyl (C=O) groups excluding carboxylic acids is 1. The van der Waals surface area contributed by atoms with Crippen LogP contribution < -0.4 is 5.32 Å². The van der Waals surface area contributed by atoms with Gasteiger partial charge in [0.15, 0.2) is 0 Å². The van der Waals surface area contributed by atoms with Gasteiger partial charge < -0.3 is 10.2 Å². The van der Waals surface area contributed by atoms with Crippen LogP contribution in [0, 0.1) is 0 Å². The minimum absolute atomic E-state index is 0.169. The van der Waals surface area contributed by atoms with Crippen molar-refractivity contribution in [2.24, 2.45) is 0 Å².